The molecule has 30 heavy (non-hydrogen) atoms. The number of nitrogens with one attached hydrogen (secondary N) is 1. The topological polar surface area (TPSA) is 59.8 Å². The third-order valence-corrected chi connectivity index (χ3v) is 5.92. The van der Waals surface area contributed by atoms with Crippen LogP contribution in [-0.2, 0) is 13.1 Å². The third kappa shape index (κ3) is 3.71. The Morgan fingerprint density at radius 2 is 1.63 bits per heavy atom. The number of imidazole rings is 1. The van der Waals surface area contributed by atoms with E-state index in [4.69, 9.17) is 4.98 Å². The molecule has 0 aliphatic rings. The van der Waals surface area contributed by atoms with Crippen LogP contribution in [0.4, 0.5) is 0 Å². The van der Waals surface area contributed by atoms with Gasteiger partial charge in [0.15, 0.2) is 0 Å². The normalized spacial score (nSPS) is 11.1. The SMILES string of the molecule is Cc1cc(C)c(C)c(Cn2c(CNC(=O)c3ccncc3)nc3ccccc32)c1C. The monoisotopic (exact) mass is 398 g/mol. The van der Waals surface area contributed by atoms with Crippen LogP contribution < -0.4 is 5.32 Å². The van der Waals surface area contributed by atoms with Gasteiger partial charge in [0.05, 0.1) is 17.6 Å². The number of rotatable bonds is 5. The Hall–Kier alpha value is -3.47. The zero-order valence-corrected chi connectivity index (χ0v) is 17.9. The van der Waals surface area contributed by atoms with E-state index in [-0.39, 0.29) is 5.91 Å². The number of hydrogen-bond donors (Lipinski definition) is 1. The van der Waals surface area contributed by atoms with Crippen molar-refractivity contribution in [1.29, 1.82) is 0 Å². The highest BCUT2D eigenvalue weighted by molar-refractivity contribution is 5.93. The minimum Gasteiger partial charge on any atom is -0.345 e. The summed E-state index contributed by atoms with van der Waals surface area (Å²) in [5.74, 6) is 0.714. The molecule has 152 valence electrons. The van der Waals surface area contributed by atoms with Crippen molar-refractivity contribution in [3.05, 3.63) is 94.1 Å². The average Bonchev–Trinajstić information content (AvgIpc) is 3.11. The van der Waals surface area contributed by atoms with E-state index in [1.54, 1.807) is 24.5 Å². The van der Waals surface area contributed by atoms with Gasteiger partial charge in [-0.3, -0.25) is 9.78 Å². The highest BCUT2D eigenvalue weighted by Crippen LogP contribution is 2.25. The summed E-state index contributed by atoms with van der Waals surface area (Å²) in [4.78, 5) is 21.3. The minimum atomic E-state index is -0.130. The number of aryl methyl sites for hydroxylation is 2. The standard InChI is InChI=1S/C25H26N4O/c1-16-13-17(2)19(4)21(18(16)3)15-29-23-8-6-5-7-22(23)28-24(29)14-27-25(30)20-9-11-26-12-10-20/h5-13H,14-15H2,1-4H3,(H,27,30). The Balaban J connectivity index is 1.71. The first-order valence-electron chi connectivity index (χ1n) is 10.1. The van der Waals surface area contributed by atoms with Crippen LogP contribution in [0.1, 0.15) is 44.0 Å². The van der Waals surface area contributed by atoms with Crippen LogP contribution in [0, 0.1) is 27.7 Å². The maximum absolute atomic E-state index is 12.5. The molecule has 0 aliphatic carbocycles. The molecular formula is C25H26N4O. The van der Waals surface area contributed by atoms with Gasteiger partial charge in [-0.2, -0.15) is 0 Å². The van der Waals surface area contributed by atoms with E-state index < -0.39 is 0 Å². The predicted octanol–water partition coefficient (Wildman–Crippen LogP) is 4.64. The highest BCUT2D eigenvalue weighted by atomic mass is 16.1. The summed E-state index contributed by atoms with van der Waals surface area (Å²) >= 11 is 0. The van der Waals surface area contributed by atoms with Gasteiger partial charge in [-0.25, -0.2) is 4.98 Å². The molecule has 4 rings (SSSR count). The van der Waals surface area contributed by atoms with Crippen molar-refractivity contribution >= 4 is 16.9 Å². The van der Waals surface area contributed by atoms with Crippen LogP contribution in [0.3, 0.4) is 0 Å². The first-order valence-corrected chi connectivity index (χ1v) is 10.1. The lowest BCUT2D eigenvalue weighted by Gasteiger charge is -2.18. The van der Waals surface area contributed by atoms with Crippen molar-refractivity contribution < 1.29 is 4.79 Å². The first-order chi connectivity index (χ1) is 14.5. The van der Waals surface area contributed by atoms with E-state index in [0.29, 0.717) is 12.1 Å². The Morgan fingerprint density at radius 3 is 2.33 bits per heavy atom. The van der Waals surface area contributed by atoms with Gasteiger partial charge in [-0.05, 0) is 79.8 Å². The molecule has 0 fully saturated rings. The number of para-hydroxylation sites is 2. The fourth-order valence-electron chi connectivity index (χ4n) is 3.90. The molecule has 1 N–H and O–H groups in total. The Kier molecular flexibility index (Phi) is 5.36. The van der Waals surface area contributed by atoms with E-state index >= 15 is 0 Å². The van der Waals surface area contributed by atoms with Gasteiger partial charge in [-0.1, -0.05) is 18.2 Å². The summed E-state index contributed by atoms with van der Waals surface area (Å²) in [5.41, 5.74) is 9.13. The number of nitrogens with zero attached hydrogens (tertiary/aromatic N) is 3. The molecule has 0 spiro atoms. The van der Waals surface area contributed by atoms with Crippen molar-refractivity contribution in [3.8, 4) is 0 Å². The number of aromatic nitrogens is 3. The lowest BCUT2D eigenvalue weighted by molar-refractivity contribution is 0.0949. The predicted molar refractivity (Wildman–Crippen MR) is 120 cm³/mol. The van der Waals surface area contributed by atoms with Crippen molar-refractivity contribution in [1.82, 2.24) is 19.9 Å². The molecule has 0 radical (unpaired) electrons. The van der Waals surface area contributed by atoms with Crippen molar-refractivity contribution in [3.63, 3.8) is 0 Å². The van der Waals surface area contributed by atoms with Crippen molar-refractivity contribution in [2.75, 3.05) is 0 Å². The van der Waals surface area contributed by atoms with Crippen LogP contribution >= 0.6 is 0 Å². The second-order valence-electron chi connectivity index (χ2n) is 7.76. The van der Waals surface area contributed by atoms with E-state index in [0.717, 1.165) is 23.4 Å². The van der Waals surface area contributed by atoms with Gasteiger partial charge in [0.2, 0.25) is 0 Å². The third-order valence-electron chi connectivity index (χ3n) is 5.92. The molecular weight excluding hydrogens is 372 g/mol. The number of hydrogen-bond acceptors (Lipinski definition) is 3. The Labute approximate surface area is 176 Å². The second-order valence-corrected chi connectivity index (χ2v) is 7.76. The van der Waals surface area contributed by atoms with Crippen LogP contribution in [-0.4, -0.2) is 20.4 Å². The van der Waals surface area contributed by atoms with Gasteiger partial charge < -0.3 is 9.88 Å². The number of carbonyl (C=O) groups is 1. The number of pyridine rings is 1. The number of benzene rings is 2. The number of fused-ring (bicyclic) bond motifs is 1. The van der Waals surface area contributed by atoms with Gasteiger partial charge in [0.25, 0.3) is 5.91 Å². The number of carbonyl (C=O) groups excluding carboxylic acids is 1. The van der Waals surface area contributed by atoms with E-state index in [9.17, 15) is 4.79 Å². The van der Waals surface area contributed by atoms with Crippen molar-refractivity contribution in [2.24, 2.45) is 0 Å². The average molecular weight is 399 g/mol. The maximum Gasteiger partial charge on any atom is 0.251 e. The molecule has 4 aromatic rings. The summed E-state index contributed by atoms with van der Waals surface area (Å²) in [6.45, 7) is 9.77. The van der Waals surface area contributed by atoms with E-state index in [1.807, 2.05) is 18.2 Å². The summed E-state index contributed by atoms with van der Waals surface area (Å²) < 4.78 is 2.22. The second kappa shape index (κ2) is 8.11. The molecule has 0 unspecified atom stereocenters. The zero-order valence-electron chi connectivity index (χ0n) is 17.9. The smallest absolute Gasteiger partial charge is 0.251 e. The van der Waals surface area contributed by atoms with Crippen LogP contribution in [0.15, 0.2) is 54.9 Å². The number of amides is 1. The minimum absolute atomic E-state index is 0.130. The zero-order chi connectivity index (χ0) is 21.3. The molecule has 0 saturated carbocycles. The summed E-state index contributed by atoms with van der Waals surface area (Å²) in [6, 6.07) is 13.8. The van der Waals surface area contributed by atoms with Crippen LogP contribution in [0.2, 0.25) is 0 Å². The van der Waals surface area contributed by atoms with E-state index in [2.05, 4.69) is 54.7 Å². The molecule has 1 amide bonds. The lowest BCUT2D eigenvalue weighted by Crippen LogP contribution is -2.25. The largest absolute Gasteiger partial charge is 0.345 e. The first kappa shape index (κ1) is 19.8. The fourth-order valence-corrected chi connectivity index (χ4v) is 3.90. The molecule has 0 atom stereocenters. The fraction of sp³-hybridized carbons (Fsp3) is 0.240. The molecule has 2 aromatic heterocycles. The highest BCUT2D eigenvalue weighted by Gasteiger charge is 2.16. The quantitative estimate of drug-likeness (QED) is 0.533. The van der Waals surface area contributed by atoms with Crippen LogP contribution in [0.5, 0.6) is 0 Å². The van der Waals surface area contributed by atoms with E-state index in [1.165, 1.54) is 27.8 Å². The lowest BCUT2D eigenvalue weighted by atomic mass is 9.94. The van der Waals surface area contributed by atoms with Gasteiger partial charge in [-0.15, -0.1) is 0 Å². The molecule has 0 aliphatic heterocycles. The summed E-state index contributed by atoms with van der Waals surface area (Å²) in [5, 5.41) is 3.00. The molecule has 5 heteroatoms. The van der Waals surface area contributed by atoms with Crippen molar-refractivity contribution in [2.45, 2.75) is 40.8 Å². The molecule has 0 bridgehead atoms. The van der Waals surface area contributed by atoms with Gasteiger partial charge in [0, 0.05) is 24.5 Å². The van der Waals surface area contributed by atoms with Gasteiger partial charge >= 0.3 is 0 Å². The maximum atomic E-state index is 12.5. The molecule has 2 heterocycles. The Bertz CT molecular complexity index is 1200. The summed E-state index contributed by atoms with van der Waals surface area (Å²) in [7, 11) is 0. The molecule has 2 aromatic carbocycles. The molecule has 5 nitrogen and oxygen atoms in total. The molecule has 0 saturated heterocycles. The van der Waals surface area contributed by atoms with Crippen LogP contribution in [0.25, 0.3) is 11.0 Å². The summed E-state index contributed by atoms with van der Waals surface area (Å²) in [6.07, 6.45) is 3.24. The van der Waals surface area contributed by atoms with Gasteiger partial charge in [0.1, 0.15) is 5.82 Å². The Morgan fingerprint density at radius 1 is 0.967 bits per heavy atom.